The highest BCUT2D eigenvalue weighted by molar-refractivity contribution is 5.79. The monoisotopic (exact) mass is 350 g/mol. The molecule has 4 heteroatoms. The van der Waals surface area contributed by atoms with Crippen LogP contribution in [0.2, 0.25) is 0 Å². The summed E-state index contributed by atoms with van der Waals surface area (Å²) in [5.74, 6) is 0.868. The summed E-state index contributed by atoms with van der Waals surface area (Å²) in [6.45, 7) is 3.25. The Morgan fingerprint density at radius 3 is 2.69 bits per heavy atom. The number of fused-ring (bicyclic) bond motifs is 1. The van der Waals surface area contributed by atoms with Gasteiger partial charge in [0.25, 0.3) is 0 Å². The molecule has 2 aliphatic heterocycles. The zero-order chi connectivity index (χ0) is 17.8. The van der Waals surface area contributed by atoms with Crippen molar-refractivity contribution in [1.29, 1.82) is 0 Å². The van der Waals surface area contributed by atoms with E-state index in [1.54, 1.807) is 0 Å². The second-order valence-corrected chi connectivity index (χ2v) is 7.21. The fourth-order valence-corrected chi connectivity index (χ4v) is 3.93. The van der Waals surface area contributed by atoms with E-state index in [0.29, 0.717) is 13.2 Å². The number of hydrogen-bond acceptors (Lipinski definition) is 3. The van der Waals surface area contributed by atoms with Crippen molar-refractivity contribution < 1.29 is 9.53 Å². The molecule has 2 heterocycles. The van der Waals surface area contributed by atoms with Crippen LogP contribution >= 0.6 is 0 Å². The van der Waals surface area contributed by atoms with E-state index >= 15 is 0 Å². The standard InChI is InChI=1S/C22H26N2O2/c25-22(19-14-17-8-3-5-11-21(17)26-16-19)23-15-18-9-2-4-10-20(18)24-12-6-1-7-13-24/h2-5,8-11,19H,1,6-7,12-16H2,(H,23,25). The zero-order valence-electron chi connectivity index (χ0n) is 15.1. The first-order valence-electron chi connectivity index (χ1n) is 9.62. The van der Waals surface area contributed by atoms with Crippen LogP contribution in [-0.4, -0.2) is 25.6 Å². The molecule has 4 rings (SSSR count). The normalized spacial score (nSPS) is 19.4. The van der Waals surface area contributed by atoms with E-state index in [0.717, 1.165) is 30.8 Å². The third-order valence-corrected chi connectivity index (χ3v) is 5.39. The summed E-state index contributed by atoms with van der Waals surface area (Å²) in [6, 6.07) is 16.4. The lowest BCUT2D eigenvalue weighted by molar-refractivity contribution is -0.126. The Kier molecular flexibility index (Phi) is 5.09. The summed E-state index contributed by atoms with van der Waals surface area (Å²) < 4.78 is 5.76. The maximum absolute atomic E-state index is 12.7. The first-order valence-corrected chi connectivity index (χ1v) is 9.62. The maximum atomic E-state index is 12.7. The number of para-hydroxylation sites is 2. The number of piperidine rings is 1. The van der Waals surface area contributed by atoms with Gasteiger partial charge in [0.05, 0.1) is 5.92 Å². The van der Waals surface area contributed by atoms with E-state index < -0.39 is 0 Å². The zero-order valence-corrected chi connectivity index (χ0v) is 15.1. The summed E-state index contributed by atoms with van der Waals surface area (Å²) in [7, 11) is 0. The molecule has 4 nitrogen and oxygen atoms in total. The van der Waals surface area contributed by atoms with Crippen molar-refractivity contribution in [2.75, 3.05) is 24.6 Å². The van der Waals surface area contributed by atoms with Gasteiger partial charge in [-0.3, -0.25) is 4.79 Å². The van der Waals surface area contributed by atoms with Gasteiger partial charge in [-0.1, -0.05) is 36.4 Å². The average molecular weight is 350 g/mol. The molecule has 26 heavy (non-hydrogen) atoms. The van der Waals surface area contributed by atoms with E-state index in [9.17, 15) is 4.79 Å². The molecule has 2 aliphatic rings. The Hall–Kier alpha value is -2.49. The minimum absolute atomic E-state index is 0.0768. The third-order valence-electron chi connectivity index (χ3n) is 5.39. The Morgan fingerprint density at radius 2 is 1.81 bits per heavy atom. The lowest BCUT2D eigenvalue weighted by Crippen LogP contribution is -2.37. The molecule has 1 atom stereocenters. The molecule has 136 valence electrons. The van der Waals surface area contributed by atoms with Gasteiger partial charge >= 0.3 is 0 Å². The first kappa shape index (κ1) is 17.0. The largest absolute Gasteiger partial charge is 0.492 e. The van der Waals surface area contributed by atoms with Gasteiger partial charge in [0.1, 0.15) is 12.4 Å². The number of ether oxygens (including phenoxy) is 1. The lowest BCUT2D eigenvalue weighted by atomic mass is 9.96. The van der Waals surface area contributed by atoms with Crippen LogP contribution in [0.4, 0.5) is 5.69 Å². The van der Waals surface area contributed by atoms with Gasteiger partial charge in [-0.2, -0.15) is 0 Å². The van der Waals surface area contributed by atoms with Gasteiger partial charge in [-0.15, -0.1) is 0 Å². The van der Waals surface area contributed by atoms with Crippen LogP contribution in [0.1, 0.15) is 30.4 Å². The molecule has 0 aliphatic carbocycles. The molecule has 0 spiro atoms. The molecular formula is C22H26N2O2. The molecule has 1 fully saturated rings. The number of anilines is 1. The Morgan fingerprint density at radius 1 is 1.04 bits per heavy atom. The number of hydrogen-bond donors (Lipinski definition) is 1. The molecule has 1 saturated heterocycles. The van der Waals surface area contributed by atoms with Crippen molar-refractivity contribution >= 4 is 11.6 Å². The second-order valence-electron chi connectivity index (χ2n) is 7.21. The van der Waals surface area contributed by atoms with Gasteiger partial charge in [0.15, 0.2) is 0 Å². The molecule has 0 radical (unpaired) electrons. The van der Waals surface area contributed by atoms with E-state index in [1.165, 1.54) is 30.5 Å². The summed E-state index contributed by atoms with van der Waals surface area (Å²) in [5.41, 5.74) is 3.57. The van der Waals surface area contributed by atoms with Crippen molar-refractivity contribution in [3.05, 3.63) is 59.7 Å². The number of carbonyl (C=O) groups excluding carboxylic acids is 1. The minimum Gasteiger partial charge on any atom is -0.492 e. The minimum atomic E-state index is -0.118. The predicted octanol–water partition coefficient (Wildman–Crippen LogP) is 3.54. The summed E-state index contributed by atoms with van der Waals surface area (Å²) in [6.07, 6.45) is 4.56. The number of nitrogens with zero attached hydrogens (tertiary/aromatic N) is 1. The number of benzene rings is 2. The Labute approximate surface area is 155 Å². The maximum Gasteiger partial charge on any atom is 0.227 e. The van der Waals surface area contributed by atoms with E-state index in [4.69, 9.17) is 4.74 Å². The van der Waals surface area contributed by atoms with Crippen LogP contribution in [0.25, 0.3) is 0 Å². The van der Waals surface area contributed by atoms with Gasteiger partial charge in [0, 0.05) is 25.3 Å². The third kappa shape index (κ3) is 3.69. The van der Waals surface area contributed by atoms with Crippen LogP contribution in [0, 0.1) is 5.92 Å². The Balaban J connectivity index is 1.39. The highest BCUT2D eigenvalue weighted by Gasteiger charge is 2.25. The van der Waals surface area contributed by atoms with Gasteiger partial charge < -0.3 is 15.0 Å². The molecule has 2 aromatic rings. The first-order chi connectivity index (χ1) is 12.8. The van der Waals surface area contributed by atoms with Crippen molar-refractivity contribution in [3.8, 4) is 5.75 Å². The van der Waals surface area contributed by atoms with E-state index in [1.807, 2.05) is 24.3 Å². The van der Waals surface area contributed by atoms with E-state index in [-0.39, 0.29) is 11.8 Å². The Bertz CT molecular complexity index is 768. The topological polar surface area (TPSA) is 41.6 Å². The van der Waals surface area contributed by atoms with Crippen LogP contribution < -0.4 is 15.0 Å². The molecule has 0 bridgehead atoms. The molecule has 0 saturated carbocycles. The molecule has 0 aromatic heterocycles. The van der Waals surface area contributed by atoms with E-state index in [2.05, 4.69) is 34.5 Å². The fourth-order valence-electron chi connectivity index (χ4n) is 3.93. The highest BCUT2D eigenvalue weighted by Crippen LogP contribution is 2.27. The van der Waals surface area contributed by atoms with Crippen LogP contribution in [-0.2, 0) is 17.8 Å². The van der Waals surface area contributed by atoms with Gasteiger partial charge in [0.2, 0.25) is 5.91 Å². The average Bonchev–Trinajstić information content (AvgIpc) is 2.72. The van der Waals surface area contributed by atoms with Crippen molar-refractivity contribution in [2.45, 2.75) is 32.2 Å². The quantitative estimate of drug-likeness (QED) is 0.917. The van der Waals surface area contributed by atoms with Crippen LogP contribution in [0.5, 0.6) is 5.75 Å². The number of rotatable bonds is 4. The highest BCUT2D eigenvalue weighted by atomic mass is 16.5. The van der Waals surface area contributed by atoms with Gasteiger partial charge in [-0.05, 0) is 48.9 Å². The molecule has 1 amide bonds. The molecule has 1 N–H and O–H groups in total. The summed E-state index contributed by atoms with van der Waals surface area (Å²) >= 11 is 0. The van der Waals surface area contributed by atoms with Gasteiger partial charge in [-0.25, -0.2) is 0 Å². The second kappa shape index (κ2) is 7.81. The van der Waals surface area contributed by atoms with Crippen LogP contribution in [0.15, 0.2) is 48.5 Å². The summed E-state index contributed by atoms with van der Waals surface area (Å²) in [4.78, 5) is 15.1. The molecule has 1 unspecified atom stereocenters. The van der Waals surface area contributed by atoms with Crippen molar-refractivity contribution in [3.63, 3.8) is 0 Å². The number of carbonyl (C=O) groups is 1. The number of nitrogens with one attached hydrogen (secondary N) is 1. The van der Waals surface area contributed by atoms with Crippen molar-refractivity contribution in [1.82, 2.24) is 5.32 Å². The predicted molar refractivity (Wildman–Crippen MR) is 103 cm³/mol. The summed E-state index contributed by atoms with van der Waals surface area (Å²) in [5, 5.41) is 3.13. The molecular weight excluding hydrogens is 324 g/mol. The molecule has 2 aromatic carbocycles. The lowest BCUT2D eigenvalue weighted by Gasteiger charge is -2.31. The number of amides is 1. The smallest absolute Gasteiger partial charge is 0.227 e. The van der Waals surface area contributed by atoms with Crippen LogP contribution in [0.3, 0.4) is 0 Å². The van der Waals surface area contributed by atoms with Crippen molar-refractivity contribution in [2.24, 2.45) is 5.92 Å². The fraction of sp³-hybridized carbons (Fsp3) is 0.409. The SMILES string of the molecule is O=C(NCc1ccccc1N1CCCCC1)C1COc2ccccc2C1.